The Morgan fingerprint density at radius 3 is 2.31 bits per heavy atom. The second-order valence-corrected chi connectivity index (χ2v) is 8.44. The molecule has 2 atom stereocenters. The summed E-state index contributed by atoms with van der Waals surface area (Å²) in [6.45, 7) is 2.35. The largest absolute Gasteiger partial charge is 0.299 e. The van der Waals surface area contributed by atoms with Crippen LogP contribution < -0.4 is 0 Å². The van der Waals surface area contributed by atoms with Crippen LogP contribution in [0.25, 0.3) is 0 Å². The fraction of sp³-hybridized carbons (Fsp3) is 0.240. The SMILES string of the molecule is O=C1CCN(Cc2ccccc2)CC1C(c1ccc(Cl)cc1)c1ccccc1Cl. The Kier molecular flexibility index (Phi) is 6.34. The lowest BCUT2D eigenvalue weighted by atomic mass is 9.76. The Morgan fingerprint density at radius 1 is 0.897 bits per heavy atom. The van der Waals surface area contributed by atoms with Gasteiger partial charge in [-0.2, -0.15) is 0 Å². The van der Waals surface area contributed by atoms with Crippen molar-refractivity contribution in [2.24, 2.45) is 5.92 Å². The molecule has 0 aliphatic carbocycles. The summed E-state index contributed by atoms with van der Waals surface area (Å²) in [6.07, 6.45) is 0.562. The molecule has 0 N–H and O–H groups in total. The van der Waals surface area contributed by atoms with Crippen molar-refractivity contribution >= 4 is 29.0 Å². The van der Waals surface area contributed by atoms with Crippen molar-refractivity contribution in [3.63, 3.8) is 0 Å². The Balaban J connectivity index is 1.67. The van der Waals surface area contributed by atoms with Crippen LogP contribution in [0.2, 0.25) is 10.0 Å². The zero-order chi connectivity index (χ0) is 20.2. The number of likely N-dealkylation sites (tertiary alicyclic amines) is 1. The van der Waals surface area contributed by atoms with Crippen LogP contribution in [0.15, 0.2) is 78.9 Å². The van der Waals surface area contributed by atoms with Gasteiger partial charge in [-0.1, -0.05) is 83.9 Å². The Hall–Kier alpha value is -2.13. The van der Waals surface area contributed by atoms with Crippen LogP contribution in [0.1, 0.15) is 29.0 Å². The molecule has 1 fully saturated rings. The van der Waals surface area contributed by atoms with E-state index < -0.39 is 0 Å². The number of ketones is 1. The molecule has 0 aromatic heterocycles. The van der Waals surface area contributed by atoms with Crippen LogP contribution in [0.3, 0.4) is 0 Å². The lowest BCUT2D eigenvalue weighted by molar-refractivity contribution is -0.126. The monoisotopic (exact) mass is 423 g/mol. The molecule has 0 radical (unpaired) electrons. The highest BCUT2D eigenvalue weighted by Gasteiger charge is 2.36. The third kappa shape index (κ3) is 4.72. The van der Waals surface area contributed by atoms with Gasteiger partial charge in [0, 0.05) is 47.9 Å². The van der Waals surface area contributed by atoms with E-state index in [1.807, 2.05) is 54.6 Å². The van der Waals surface area contributed by atoms with E-state index in [0.717, 1.165) is 24.2 Å². The first kappa shape index (κ1) is 20.2. The summed E-state index contributed by atoms with van der Waals surface area (Å²) in [5, 5.41) is 1.38. The van der Waals surface area contributed by atoms with E-state index in [4.69, 9.17) is 23.2 Å². The summed E-state index contributed by atoms with van der Waals surface area (Å²) >= 11 is 12.7. The normalized spacial score (nSPS) is 18.6. The molecule has 148 valence electrons. The summed E-state index contributed by atoms with van der Waals surface area (Å²) in [6, 6.07) is 26.1. The predicted octanol–water partition coefficient (Wildman–Crippen LogP) is 6.22. The third-order valence-corrected chi connectivity index (χ3v) is 6.26. The molecule has 1 aliphatic rings. The smallest absolute Gasteiger partial charge is 0.139 e. The summed E-state index contributed by atoms with van der Waals surface area (Å²) in [5.74, 6) is 0.0646. The van der Waals surface area contributed by atoms with Gasteiger partial charge in [-0.15, -0.1) is 0 Å². The molecule has 0 bridgehead atoms. The maximum atomic E-state index is 13.1. The lowest BCUT2D eigenvalue weighted by Crippen LogP contribution is -2.43. The van der Waals surface area contributed by atoms with Gasteiger partial charge in [0.25, 0.3) is 0 Å². The molecule has 0 saturated carbocycles. The van der Waals surface area contributed by atoms with Gasteiger partial charge in [-0.25, -0.2) is 0 Å². The van der Waals surface area contributed by atoms with Crippen molar-refractivity contribution in [3.05, 3.63) is 106 Å². The van der Waals surface area contributed by atoms with Crippen LogP contribution in [-0.2, 0) is 11.3 Å². The highest BCUT2D eigenvalue weighted by molar-refractivity contribution is 6.31. The molecule has 4 rings (SSSR count). The molecule has 3 aromatic rings. The van der Waals surface area contributed by atoms with Crippen molar-refractivity contribution in [3.8, 4) is 0 Å². The lowest BCUT2D eigenvalue weighted by Gasteiger charge is -2.36. The fourth-order valence-electron chi connectivity index (χ4n) is 4.23. The van der Waals surface area contributed by atoms with Crippen molar-refractivity contribution in [2.45, 2.75) is 18.9 Å². The quantitative estimate of drug-likeness (QED) is 0.485. The molecular formula is C25H23Cl2NO. The van der Waals surface area contributed by atoms with Gasteiger partial charge in [-0.3, -0.25) is 9.69 Å². The Bertz CT molecular complexity index is 972. The molecule has 29 heavy (non-hydrogen) atoms. The number of benzene rings is 3. The molecule has 2 nitrogen and oxygen atoms in total. The number of carbonyl (C=O) groups excluding carboxylic acids is 1. The fourth-order valence-corrected chi connectivity index (χ4v) is 4.61. The van der Waals surface area contributed by atoms with E-state index in [-0.39, 0.29) is 11.8 Å². The van der Waals surface area contributed by atoms with Crippen molar-refractivity contribution in [2.75, 3.05) is 13.1 Å². The highest BCUT2D eigenvalue weighted by Crippen LogP contribution is 2.39. The van der Waals surface area contributed by atoms with E-state index in [2.05, 4.69) is 29.2 Å². The van der Waals surface area contributed by atoms with Gasteiger partial charge in [0.2, 0.25) is 0 Å². The summed E-state index contributed by atoms with van der Waals surface area (Å²) in [5.41, 5.74) is 3.33. The van der Waals surface area contributed by atoms with Gasteiger partial charge in [0.15, 0.2) is 0 Å². The second-order valence-electron chi connectivity index (χ2n) is 7.59. The van der Waals surface area contributed by atoms with E-state index >= 15 is 0 Å². The highest BCUT2D eigenvalue weighted by atomic mass is 35.5. The van der Waals surface area contributed by atoms with Gasteiger partial charge in [0.05, 0.1) is 0 Å². The first-order valence-electron chi connectivity index (χ1n) is 9.90. The van der Waals surface area contributed by atoms with Crippen molar-refractivity contribution in [1.29, 1.82) is 0 Å². The maximum absolute atomic E-state index is 13.1. The van der Waals surface area contributed by atoms with Gasteiger partial charge in [0.1, 0.15) is 5.78 Å². The number of nitrogens with zero attached hydrogens (tertiary/aromatic N) is 1. The summed E-state index contributed by atoms with van der Waals surface area (Å²) in [7, 11) is 0. The molecule has 1 heterocycles. The molecule has 0 spiro atoms. The minimum atomic E-state index is -0.145. The summed E-state index contributed by atoms with van der Waals surface area (Å²) < 4.78 is 0. The van der Waals surface area contributed by atoms with Crippen molar-refractivity contribution in [1.82, 2.24) is 4.90 Å². The zero-order valence-electron chi connectivity index (χ0n) is 16.1. The topological polar surface area (TPSA) is 20.3 Å². The van der Waals surface area contributed by atoms with Crippen LogP contribution in [-0.4, -0.2) is 23.8 Å². The Labute approximate surface area is 182 Å². The standard InChI is InChI=1S/C25H23Cl2NO/c26-20-12-10-19(11-13-20)25(21-8-4-5-9-23(21)27)22-17-28(15-14-24(22)29)16-18-6-2-1-3-7-18/h1-13,22,25H,14-17H2. The minimum absolute atomic E-state index is 0.0907. The minimum Gasteiger partial charge on any atom is -0.299 e. The molecule has 1 aliphatic heterocycles. The van der Waals surface area contributed by atoms with Crippen LogP contribution >= 0.6 is 23.2 Å². The number of hydrogen-bond acceptors (Lipinski definition) is 2. The average Bonchev–Trinajstić information content (AvgIpc) is 2.74. The number of carbonyl (C=O) groups is 1. The van der Waals surface area contributed by atoms with Gasteiger partial charge >= 0.3 is 0 Å². The number of piperidine rings is 1. The first-order valence-corrected chi connectivity index (χ1v) is 10.7. The predicted molar refractivity (Wildman–Crippen MR) is 120 cm³/mol. The van der Waals surface area contributed by atoms with E-state index in [9.17, 15) is 4.79 Å². The number of halogens is 2. The van der Waals surface area contributed by atoms with E-state index in [0.29, 0.717) is 28.8 Å². The zero-order valence-corrected chi connectivity index (χ0v) is 17.6. The Morgan fingerprint density at radius 2 is 1.59 bits per heavy atom. The first-order chi connectivity index (χ1) is 14.1. The number of Topliss-reactive ketones (excluding diaryl/α,β-unsaturated/α-hetero) is 1. The van der Waals surface area contributed by atoms with Crippen LogP contribution in [0, 0.1) is 5.92 Å². The molecule has 0 amide bonds. The van der Waals surface area contributed by atoms with Crippen molar-refractivity contribution < 1.29 is 4.79 Å². The van der Waals surface area contributed by atoms with E-state index in [1.54, 1.807) is 0 Å². The van der Waals surface area contributed by atoms with Gasteiger partial charge < -0.3 is 0 Å². The molecular weight excluding hydrogens is 401 g/mol. The maximum Gasteiger partial charge on any atom is 0.139 e. The van der Waals surface area contributed by atoms with Crippen LogP contribution in [0.5, 0.6) is 0 Å². The number of hydrogen-bond donors (Lipinski definition) is 0. The second kappa shape index (κ2) is 9.13. The number of rotatable bonds is 5. The molecule has 2 unspecified atom stereocenters. The summed E-state index contributed by atoms with van der Waals surface area (Å²) in [4.78, 5) is 15.4. The van der Waals surface area contributed by atoms with Gasteiger partial charge in [-0.05, 0) is 34.9 Å². The molecule has 1 saturated heterocycles. The third-order valence-electron chi connectivity index (χ3n) is 5.66. The van der Waals surface area contributed by atoms with E-state index in [1.165, 1.54) is 5.56 Å². The molecule has 3 aromatic carbocycles. The average molecular weight is 424 g/mol. The molecule has 4 heteroatoms. The van der Waals surface area contributed by atoms with Crippen LogP contribution in [0.4, 0.5) is 0 Å².